The van der Waals surface area contributed by atoms with Crippen LogP contribution in [0, 0.1) is 10.5 Å². The van der Waals surface area contributed by atoms with Crippen LogP contribution >= 0.6 is 22.6 Å². The van der Waals surface area contributed by atoms with Gasteiger partial charge in [0.05, 0.1) is 4.90 Å². The molecule has 0 aliphatic heterocycles. The van der Waals surface area contributed by atoms with Crippen molar-refractivity contribution in [1.82, 2.24) is 4.72 Å². The summed E-state index contributed by atoms with van der Waals surface area (Å²) in [6.07, 6.45) is 0.886. The van der Waals surface area contributed by atoms with Crippen LogP contribution in [0.4, 0.5) is 5.69 Å². The molecule has 7 heteroatoms. The molecule has 5 nitrogen and oxygen atoms in total. The molecule has 0 unspecified atom stereocenters. The Bertz CT molecular complexity index is 833. The monoisotopic (exact) mass is 458 g/mol. The third kappa shape index (κ3) is 5.02. The van der Waals surface area contributed by atoms with Crippen LogP contribution in [0.15, 0.2) is 47.4 Å². The van der Waals surface area contributed by atoms with Gasteiger partial charge in [-0.25, -0.2) is 13.1 Å². The molecule has 128 valence electrons. The molecule has 0 saturated carbocycles. The van der Waals surface area contributed by atoms with Gasteiger partial charge in [-0.1, -0.05) is 18.2 Å². The minimum absolute atomic E-state index is 0.0680. The highest BCUT2D eigenvalue weighted by Gasteiger charge is 2.11. The molecule has 0 heterocycles. The Hall–Kier alpha value is -1.45. The normalized spacial score (nSPS) is 11.3. The summed E-state index contributed by atoms with van der Waals surface area (Å²) in [5.74, 6) is -0.0680. The smallest absolute Gasteiger partial charge is 0.240 e. The van der Waals surface area contributed by atoms with Crippen molar-refractivity contribution in [3.63, 3.8) is 0 Å². The van der Waals surface area contributed by atoms with E-state index in [-0.39, 0.29) is 10.8 Å². The average molecular weight is 458 g/mol. The van der Waals surface area contributed by atoms with Crippen LogP contribution in [0.3, 0.4) is 0 Å². The molecular weight excluding hydrogens is 439 g/mol. The molecule has 0 aliphatic carbocycles. The minimum atomic E-state index is -3.42. The average Bonchev–Trinajstić information content (AvgIpc) is 2.57. The van der Waals surface area contributed by atoms with Crippen LogP contribution in [0.1, 0.15) is 17.5 Å². The Morgan fingerprint density at radius 3 is 2.38 bits per heavy atom. The third-order valence-corrected chi connectivity index (χ3v) is 6.19. The number of rotatable bonds is 6. The lowest BCUT2D eigenvalue weighted by Crippen LogP contribution is -2.18. The molecule has 2 N–H and O–H groups in total. The first-order chi connectivity index (χ1) is 11.3. The summed E-state index contributed by atoms with van der Waals surface area (Å²) in [6, 6.07) is 12.3. The van der Waals surface area contributed by atoms with Crippen molar-refractivity contribution in [3.05, 3.63) is 57.2 Å². The summed E-state index contributed by atoms with van der Waals surface area (Å²) in [6.45, 7) is 2.02. The van der Waals surface area contributed by atoms with E-state index in [0.29, 0.717) is 12.8 Å². The lowest BCUT2D eigenvalue weighted by atomic mass is 10.1. The van der Waals surface area contributed by atoms with Crippen molar-refractivity contribution in [3.8, 4) is 0 Å². The van der Waals surface area contributed by atoms with Crippen molar-refractivity contribution in [2.45, 2.75) is 24.7 Å². The lowest BCUT2D eigenvalue weighted by molar-refractivity contribution is -0.116. The van der Waals surface area contributed by atoms with E-state index in [0.717, 1.165) is 14.8 Å². The first-order valence-corrected chi connectivity index (χ1v) is 9.96. The second-order valence-electron chi connectivity index (χ2n) is 5.36. The Balaban J connectivity index is 1.93. The number of anilines is 1. The van der Waals surface area contributed by atoms with Gasteiger partial charge in [0.15, 0.2) is 0 Å². The van der Waals surface area contributed by atoms with E-state index in [1.54, 1.807) is 24.3 Å². The van der Waals surface area contributed by atoms with Gasteiger partial charge < -0.3 is 5.32 Å². The Kier molecular flexibility index (Phi) is 6.36. The molecule has 0 spiro atoms. The van der Waals surface area contributed by atoms with Gasteiger partial charge in [0.1, 0.15) is 0 Å². The van der Waals surface area contributed by atoms with Crippen LogP contribution in [-0.4, -0.2) is 21.4 Å². The second-order valence-corrected chi connectivity index (χ2v) is 8.41. The van der Waals surface area contributed by atoms with Crippen molar-refractivity contribution >= 4 is 44.2 Å². The zero-order valence-electron chi connectivity index (χ0n) is 13.5. The number of aryl methyl sites for hydroxylation is 2. The predicted octanol–water partition coefficient (Wildman–Crippen LogP) is 3.08. The van der Waals surface area contributed by atoms with Crippen molar-refractivity contribution in [2.24, 2.45) is 0 Å². The van der Waals surface area contributed by atoms with Gasteiger partial charge in [0, 0.05) is 15.7 Å². The summed E-state index contributed by atoms with van der Waals surface area (Å²) in [5.41, 5.74) is 2.87. The highest BCUT2D eigenvalue weighted by Crippen LogP contribution is 2.17. The first kappa shape index (κ1) is 18.9. The molecule has 2 aromatic rings. The van der Waals surface area contributed by atoms with Gasteiger partial charge in [-0.15, -0.1) is 0 Å². The van der Waals surface area contributed by atoms with Gasteiger partial charge in [0.2, 0.25) is 15.9 Å². The zero-order chi connectivity index (χ0) is 17.7. The van der Waals surface area contributed by atoms with Gasteiger partial charge >= 0.3 is 0 Å². The van der Waals surface area contributed by atoms with E-state index < -0.39 is 10.0 Å². The number of hydrogen-bond donors (Lipinski definition) is 2. The van der Waals surface area contributed by atoms with E-state index >= 15 is 0 Å². The fraction of sp³-hybridized carbons (Fsp3) is 0.235. The maximum absolute atomic E-state index is 12.0. The van der Waals surface area contributed by atoms with Crippen LogP contribution in [0.25, 0.3) is 0 Å². The van der Waals surface area contributed by atoms with Gasteiger partial charge in [-0.05, 0) is 78.4 Å². The topological polar surface area (TPSA) is 75.3 Å². The van der Waals surface area contributed by atoms with Crippen LogP contribution in [-0.2, 0) is 21.2 Å². The Labute approximate surface area is 156 Å². The molecule has 0 aliphatic rings. The standard InChI is InChI=1S/C17H19IN2O3S/c1-12-3-7-14(11-16(12)18)20-17(21)10-6-13-4-8-15(9-5-13)24(22,23)19-2/h3-5,7-9,11,19H,6,10H2,1-2H3,(H,20,21). The summed E-state index contributed by atoms with van der Waals surface area (Å²) >= 11 is 2.23. The van der Waals surface area contributed by atoms with E-state index in [4.69, 9.17) is 0 Å². The first-order valence-electron chi connectivity index (χ1n) is 7.40. The predicted molar refractivity (Wildman–Crippen MR) is 104 cm³/mol. The van der Waals surface area contributed by atoms with Crippen molar-refractivity contribution in [2.75, 3.05) is 12.4 Å². The van der Waals surface area contributed by atoms with Crippen molar-refractivity contribution in [1.29, 1.82) is 0 Å². The molecule has 2 aromatic carbocycles. The zero-order valence-corrected chi connectivity index (χ0v) is 16.4. The fourth-order valence-electron chi connectivity index (χ4n) is 2.11. The highest BCUT2D eigenvalue weighted by molar-refractivity contribution is 14.1. The minimum Gasteiger partial charge on any atom is -0.326 e. The summed E-state index contributed by atoms with van der Waals surface area (Å²) in [4.78, 5) is 12.3. The summed E-state index contributed by atoms with van der Waals surface area (Å²) in [5, 5.41) is 2.88. The number of halogens is 1. The number of carbonyl (C=O) groups excluding carboxylic acids is 1. The van der Waals surface area contributed by atoms with Crippen molar-refractivity contribution < 1.29 is 13.2 Å². The van der Waals surface area contributed by atoms with Crippen LogP contribution in [0.2, 0.25) is 0 Å². The quantitative estimate of drug-likeness (QED) is 0.654. The molecule has 0 atom stereocenters. The maximum atomic E-state index is 12.0. The fourth-order valence-corrected chi connectivity index (χ4v) is 3.35. The Morgan fingerprint density at radius 1 is 1.12 bits per heavy atom. The number of carbonyl (C=O) groups is 1. The van der Waals surface area contributed by atoms with Gasteiger partial charge in [-0.2, -0.15) is 0 Å². The number of nitrogens with one attached hydrogen (secondary N) is 2. The van der Waals surface area contributed by atoms with Gasteiger partial charge in [0.25, 0.3) is 0 Å². The summed E-state index contributed by atoms with van der Waals surface area (Å²) < 4.78 is 26.7. The molecular formula is C17H19IN2O3S. The number of amides is 1. The van der Waals surface area contributed by atoms with E-state index in [1.807, 2.05) is 25.1 Å². The molecule has 0 radical (unpaired) electrons. The number of benzene rings is 2. The molecule has 0 bridgehead atoms. The van der Waals surface area contributed by atoms with Gasteiger partial charge in [-0.3, -0.25) is 4.79 Å². The van der Waals surface area contributed by atoms with E-state index in [2.05, 4.69) is 32.6 Å². The number of sulfonamides is 1. The molecule has 0 fully saturated rings. The molecule has 1 amide bonds. The Morgan fingerprint density at radius 2 is 1.79 bits per heavy atom. The third-order valence-electron chi connectivity index (χ3n) is 3.60. The summed E-state index contributed by atoms with van der Waals surface area (Å²) in [7, 11) is -2.05. The molecule has 0 aromatic heterocycles. The molecule has 24 heavy (non-hydrogen) atoms. The maximum Gasteiger partial charge on any atom is 0.240 e. The lowest BCUT2D eigenvalue weighted by Gasteiger charge is -2.08. The largest absolute Gasteiger partial charge is 0.326 e. The second kappa shape index (κ2) is 8.09. The highest BCUT2D eigenvalue weighted by atomic mass is 127. The van der Waals surface area contributed by atoms with Crippen LogP contribution in [0.5, 0.6) is 0 Å². The molecule has 0 saturated heterocycles. The SMILES string of the molecule is CNS(=O)(=O)c1ccc(CCC(=O)Nc2ccc(C)c(I)c2)cc1. The van der Waals surface area contributed by atoms with E-state index in [1.165, 1.54) is 12.6 Å². The number of hydrogen-bond acceptors (Lipinski definition) is 3. The van der Waals surface area contributed by atoms with E-state index in [9.17, 15) is 13.2 Å². The van der Waals surface area contributed by atoms with Crippen LogP contribution < -0.4 is 10.0 Å². The molecule has 2 rings (SSSR count).